The molecular weight excluding hydrogens is 241 g/mol. The van der Waals surface area contributed by atoms with Crippen molar-refractivity contribution in [3.8, 4) is 0 Å². The van der Waals surface area contributed by atoms with Crippen LogP contribution in [0, 0.1) is 5.82 Å². The van der Waals surface area contributed by atoms with Gasteiger partial charge in [-0.05, 0) is 24.6 Å². The molecule has 0 amide bonds. The molecule has 15 heavy (non-hydrogen) atoms. The van der Waals surface area contributed by atoms with Crippen LogP contribution in [0.1, 0.15) is 13.3 Å². The van der Waals surface area contributed by atoms with E-state index in [1.54, 1.807) is 0 Å². The molecular formula is C9H11ClFNO2S. The fraction of sp³-hybridized carbons (Fsp3) is 0.333. The quantitative estimate of drug-likeness (QED) is 0.892. The Balaban J connectivity index is 3.05. The summed E-state index contributed by atoms with van der Waals surface area (Å²) >= 11 is 5.52. The fourth-order valence-electron chi connectivity index (χ4n) is 1.01. The predicted octanol–water partition coefficient (Wildman–Crippen LogP) is 2.17. The maximum Gasteiger partial charge on any atom is 0.243 e. The third-order valence-electron chi connectivity index (χ3n) is 1.73. The molecule has 0 aliphatic rings. The van der Waals surface area contributed by atoms with Gasteiger partial charge in [0.25, 0.3) is 0 Å². The first-order valence-electron chi connectivity index (χ1n) is 4.42. The molecule has 6 heteroatoms. The summed E-state index contributed by atoms with van der Waals surface area (Å²) in [6, 6.07) is 3.46. The first kappa shape index (κ1) is 12.4. The largest absolute Gasteiger partial charge is 0.243 e. The van der Waals surface area contributed by atoms with Crippen molar-refractivity contribution in [2.45, 2.75) is 18.2 Å². The van der Waals surface area contributed by atoms with Gasteiger partial charge in [0.1, 0.15) is 10.7 Å². The van der Waals surface area contributed by atoms with Crippen LogP contribution in [0.5, 0.6) is 0 Å². The Kier molecular flexibility index (Phi) is 4.07. The third kappa shape index (κ3) is 3.15. The summed E-state index contributed by atoms with van der Waals surface area (Å²) < 4.78 is 38.6. The highest BCUT2D eigenvalue weighted by molar-refractivity contribution is 7.89. The molecule has 0 heterocycles. The number of hydrogen-bond acceptors (Lipinski definition) is 2. The van der Waals surface area contributed by atoms with E-state index < -0.39 is 15.8 Å². The Morgan fingerprint density at radius 2 is 2.13 bits per heavy atom. The first-order valence-corrected chi connectivity index (χ1v) is 6.28. The Hall–Kier alpha value is -0.650. The zero-order valence-electron chi connectivity index (χ0n) is 8.13. The molecule has 0 spiro atoms. The second kappa shape index (κ2) is 4.92. The minimum absolute atomic E-state index is 0.168. The van der Waals surface area contributed by atoms with Crippen molar-refractivity contribution >= 4 is 21.6 Å². The van der Waals surface area contributed by atoms with Gasteiger partial charge >= 0.3 is 0 Å². The molecule has 0 saturated heterocycles. The molecule has 1 N–H and O–H groups in total. The molecule has 84 valence electrons. The average molecular weight is 252 g/mol. The van der Waals surface area contributed by atoms with E-state index in [0.717, 1.165) is 12.1 Å². The van der Waals surface area contributed by atoms with Crippen molar-refractivity contribution in [3.63, 3.8) is 0 Å². The topological polar surface area (TPSA) is 46.2 Å². The van der Waals surface area contributed by atoms with Crippen LogP contribution in [0.3, 0.4) is 0 Å². The molecule has 1 rings (SSSR count). The molecule has 0 bridgehead atoms. The number of rotatable bonds is 4. The maximum absolute atomic E-state index is 13.3. The summed E-state index contributed by atoms with van der Waals surface area (Å²) in [7, 11) is -3.75. The maximum atomic E-state index is 13.3. The van der Waals surface area contributed by atoms with Gasteiger partial charge in [-0.15, -0.1) is 0 Å². The van der Waals surface area contributed by atoms with Crippen molar-refractivity contribution in [2.24, 2.45) is 0 Å². The smallest absolute Gasteiger partial charge is 0.211 e. The number of sulfonamides is 1. The minimum atomic E-state index is -3.75. The lowest BCUT2D eigenvalue weighted by Crippen LogP contribution is -2.25. The highest BCUT2D eigenvalue weighted by atomic mass is 35.5. The van der Waals surface area contributed by atoms with Crippen LogP contribution >= 0.6 is 11.6 Å². The van der Waals surface area contributed by atoms with Crippen LogP contribution in [0.15, 0.2) is 23.1 Å². The van der Waals surface area contributed by atoms with E-state index in [2.05, 4.69) is 4.72 Å². The van der Waals surface area contributed by atoms with Crippen molar-refractivity contribution in [1.82, 2.24) is 4.72 Å². The summed E-state index contributed by atoms with van der Waals surface area (Å²) in [5.74, 6) is -0.842. The first-order chi connectivity index (χ1) is 6.97. The highest BCUT2D eigenvalue weighted by Gasteiger charge is 2.17. The van der Waals surface area contributed by atoms with Gasteiger partial charge in [-0.2, -0.15) is 0 Å². The summed E-state index contributed by atoms with van der Waals surface area (Å²) in [6.45, 7) is 2.10. The van der Waals surface area contributed by atoms with Gasteiger partial charge in [0.05, 0.1) is 0 Å². The van der Waals surface area contributed by atoms with E-state index >= 15 is 0 Å². The normalized spacial score (nSPS) is 11.7. The lowest BCUT2D eigenvalue weighted by molar-refractivity contribution is 0.556. The fourth-order valence-corrected chi connectivity index (χ4v) is 2.36. The Morgan fingerprint density at radius 3 is 2.67 bits per heavy atom. The van der Waals surface area contributed by atoms with Crippen molar-refractivity contribution in [3.05, 3.63) is 29.0 Å². The molecule has 0 unspecified atom stereocenters. The number of benzene rings is 1. The second-order valence-electron chi connectivity index (χ2n) is 2.97. The van der Waals surface area contributed by atoms with Crippen LogP contribution in [0.25, 0.3) is 0 Å². The SMILES string of the molecule is CCCNS(=O)(=O)c1ccc(Cl)cc1F. The standard InChI is InChI=1S/C9H11ClFNO2S/c1-2-5-12-15(13,14)9-4-3-7(10)6-8(9)11/h3-4,6,12H,2,5H2,1H3. The summed E-state index contributed by atoms with van der Waals surface area (Å²) in [5.41, 5.74) is 0. The van der Waals surface area contributed by atoms with Crippen LogP contribution in [0.2, 0.25) is 5.02 Å². The molecule has 1 aromatic rings. The van der Waals surface area contributed by atoms with Gasteiger partial charge in [-0.1, -0.05) is 18.5 Å². The van der Waals surface area contributed by atoms with Gasteiger partial charge in [0, 0.05) is 11.6 Å². The zero-order valence-corrected chi connectivity index (χ0v) is 9.70. The molecule has 0 aliphatic heterocycles. The van der Waals surface area contributed by atoms with Crippen molar-refractivity contribution in [2.75, 3.05) is 6.54 Å². The van der Waals surface area contributed by atoms with Gasteiger partial charge in [0.2, 0.25) is 10.0 Å². The van der Waals surface area contributed by atoms with Crippen LogP contribution in [0.4, 0.5) is 4.39 Å². The van der Waals surface area contributed by atoms with Gasteiger partial charge < -0.3 is 0 Å². The summed E-state index contributed by atoms with van der Waals surface area (Å²) in [5, 5.41) is 0.168. The van der Waals surface area contributed by atoms with E-state index in [1.807, 2.05) is 6.92 Å². The molecule has 0 aliphatic carbocycles. The zero-order chi connectivity index (χ0) is 11.5. The van der Waals surface area contributed by atoms with Gasteiger partial charge in [-0.25, -0.2) is 17.5 Å². The second-order valence-corrected chi connectivity index (χ2v) is 5.14. The molecule has 0 aromatic heterocycles. The number of nitrogens with one attached hydrogen (secondary N) is 1. The Morgan fingerprint density at radius 1 is 1.47 bits per heavy atom. The molecule has 1 aromatic carbocycles. The number of hydrogen-bond donors (Lipinski definition) is 1. The van der Waals surface area contributed by atoms with E-state index in [1.165, 1.54) is 6.07 Å². The monoisotopic (exact) mass is 251 g/mol. The lowest BCUT2D eigenvalue weighted by atomic mass is 10.3. The van der Waals surface area contributed by atoms with Crippen molar-refractivity contribution < 1.29 is 12.8 Å². The Labute approximate surface area is 93.3 Å². The van der Waals surface area contributed by atoms with Crippen LogP contribution in [-0.2, 0) is 10.0 Å². The van der Waals surface area contributed by atoms with E-state index in [4.69, 9.17) is 11.6 Å². The summed E-state index contributed by atoms with van der Waals surface area (Å²) in [6.07, 6.45) is 0.647. The Bertz CT molecular complexity index is 447. The predicted molar refractivity (Wildman–Crippen MR) is 56.9 cm³/mol. The molecule has 0 atom stereocenters. The van der Waals surface area contributed by atoms with Gasteiger partial charge in [0.15, 0.2) is 0 Å². The minimum Gasteiger partial charge on any atom is -0.211 e. The average Bonchev–Trinajstić information content (AvgIpc) is 2.14. The molecule has 0 saturated carbocycles. The number of halogens is 2. The van der Waals surface area contributed by atoms with Crippen molar-refractivity contribution in [1.29, 1.82) is 0 Å². The van der Waals surface area contributed by atoms with Crippen LogP contribution < -0.4 is 4.72 Å². The van der Waals surface area contributed by atoms with E-state index in [-0.39, 0.29) is 16.5 Å². The molecule has 3 nitrogen and oxygen atoms in total. The van der Waals surface area contributed by atoms with Gasteiger partial charge in [-0.3, -0.25) is 0 Å². The molecule has 0 radical (unpaired) electrons. The lowest BCUT2D eigenvalue weighted by Gasteiger charge is -2.06. The highest BCUT2D eigenvalue weighted by Crippen LogP contribution is 2.18. The van der Waals surface area contributed by atoms with E-state index in [0.29, 0.717) is 6.42 Å². The van der Waals surface area contributed by atoms with Crippen LogP contribution in [-0.4, -0.2) is 15.0 Å². The van der Waals surface area contributed by atoms with E-state index in [9.17, 15) is 12.8 Å². The molecule has 0 fully saturated rings. The third-order valence-corrected chi connectivity index (χ3v) is 3.45. The summed E-state index contributed by atoms with van der Waals surface area (Å²) in [4.78, 5) is -0.375.